The molecule has 0 aromatic heterocycles. The van der Waals surface area contributed by atoms with Crippen molar-refractivity contribution in [1.82, 2.24) is 4.90 Å². The maximum atomic E-state index is 11.5. The van der Waals surface area contributed by atoms with E-state index in [-0.39, 0.29) is 0 Å². The largest absolute Gasteiger partial charge is 0.342 e. The Labute approximate surface area is 94.7 Å². The topological polar surface area (TPSA) is 20.3 Å². The number of thioether (sulfide) groups is 1. The lowest BCUT2D eigenvalue weighted by Crippen LogP contribution is -2.43. The van der Waals surface area contributed by atoms with Crippen LogP contribution in [0.25, 0.3) is 0 Å². The molecular weight excluding hydrogens is 206 g/mol. The minimum Gasteiger partial charge on any atom is -0.342 e. The Bertz CT molecular complexity index is 322. The standard InChI is InChI=1S/C12H15NOS/c14-12(13-7-4-8-13)10-15-9-11-5-2-1-3-6-11/h1-3,5-6H,4,7-10H2. The lowest BCUT2D eigenvalue weighted by atomic mass is 10.2. The fourth-order valence-corrected chi connectivity index (χ4v) is 2.37. The Hall–Kier alpha value is -0.960. The van der Waals surface area contributed by atoms with Crippen molar-refractivity contribution < 1.29 is 4.79 Å². The third-order valence-electron chi connectivity index (χ3n) is 2.55. The zero-order valence-electron chi connectivity index (χ0n) is 8.69. The molecular formula is C12H15NOS. The molecule has 80 valence electrons. The van der Waals surface area contributed by atoms with Gasteiger partial charge >= 0.3 is 0 Å². The number of hydrogen-bond donors (Lipinski definition) is 0. The number of amides is 1. The third kappa shape index (κ3) is 2.99. The SMILES string of the molecule is O=C(CSCc1ccccc1)N1CCC1. The first-order valence-corrected chi connectivity index (χ1v) is 6.41. The zero-order chi connectivity index (χ0) is 10.5. The lowest BCUT2D eigenvalue weighted by Gasteiger charge is -2.30. The van der Waals surface area contributed by atoms with Gasteiger partial charge in [0.15, 0.2) is 0 Å². The number of carbonyl (C=O) groups excluding carboxylic acids is 1. The first kappa shape index (κ1) is 10.6. The Morgan fingerprint density at radius 3 is 2.60 bits per heavy atom. The van der Waals surface area contributed by atoms with Crippen LogP contribution in [0.4, 0.5) is 0 Å². The van der Waals surface area contributed by atoms with E-state index in [1.807, 2.05) is 23.1 Å². The highest BCUT2D eigenvalue weighted by molar-refractivity contribution is 7.99. The molecule has 1 aliphatic rings. The summed E-state index contributed by atoms with van der Waals surface area (Å²) in [6.45, 7) is 1.93. The Morgan fingerprint density at radius 1 is 1.27 bits per heavy atom. The van der Waals surface area contributed by atoms with E-state index >= 15 is 0 Å². The van der Waals surface area contributed by atoms with Crippen molar-refractivity contribution in [3.05, 3.63) is 35.9 Å². The monoisotopic (exact) mass is 221 g/mol. The van der Waals surface area contributed by atoms with E-state index in [0.717, 1.165) is 18.8 Å². The fraction of sp³-hybridized carbons (Fsp3) is 0.417. The van der Waals surface area contributed by atoms with Gasteiger partial charge in [-0.05, 0) is 12.0 Å². The van der Waals surface area contributed by atoms with E-state index in [1.165, 1.54) is 12.0 Å². The average Bonchev–Trinajstić information content (AvgIpc) is 2.16. The third-order valence-corrected chi connectivity index (χ3v) is 3.53. The molecule has 1 fully saturated rings. The van der Waals surface area contributed by atoms with Gasteiger partial charge in [0.2, 0.25) is 5.91 Å². The molecule has 1 saturated heterocycles. The van der Waals surface area contributed by atoms with Crippen molar-refractivity contribution in [2.24, 2.45) is 0 Å². The van der Waals surface area contributed by atoms with E-state index in [0.29, 0.717) is 11.7 Å². The van der Waals surface area contributed by atoms with Gasteiger partial charge in [0.1, 0.15) is 0 Å². The van der Waals surface area contributed by atoms with Gasteiger partial charge in [-0.3, -0.25) is 4.79 Å². The molecule has 2 rings (SSSR count). The van der Waals surface area contributed by atoms with Crippen LogP contribution in [0.1, 0.15) is 12.0 Å². The van der Waals surface area contributed by atoms with Gasteiger partial charge in [0, 0.05) is 18.8 Å². The summed E-state index contributed by atoms with van der Waals surface area (Å²) in [5, 5.41) is 0. The van der Waals surface area contributed by atoms with Crippen LogP contribution < -0.4 is 0 Å². The highest BCUT2D eigenvalue weighted by Gasteiger charge is 2.19. The molecule has 1 heterocycles. The van der Waals surface area contributed by atoms with E-state index in [9.17, 15) is 4.79 Å². The zero-order valence-corrected chi connectivity index (χ0v) is 9.50. The van der Waals surface area contributed by atoms with Crippen LogP contribution in [0.15, 0.2) is 30.3 Å². The van der Waals surface area contributed by atoms with Gasteiger partial charge in [-0.15, -0.1) is 11.8 Å². The van der Waals surface area contributed by atoms with Gasteiger partial charge in [0.05, 0.1) is 5.75 Å². The molecule has 3 heteroatoms. The predicted octanol–water partition coefficient (Wildman–Crippen LogP) is 2.15. The smallest absolute Gasteiger partial charge is 0.232 e. The maximum absolute atomic E-state index is 11.5. The predicted molar refractivity (Wildman–Crippen MR) is 63.8 cm³/mol. The molecule has 0 spiro atoms. The molecule has 15 heavy (non-hydrogen) atoms. The summed E-state index contributed by atoms with van der Waals surface area (Å²) in [5.74, 6) is 1.84. The second kappa shape index (κ2) is 5.21. The van der Waals surface area contributed by atoms with Crippen LogP contribution in [0.2, 0.25) is 0 Å². The van der Waals surface area contributed by atoms with Crippen LogP contribution >= 0.6 is 11.8 Å². The van der Waals surface area contributed by atoms with Crippen molar-refractivity contribution in [2.45, 2.75) is 12.2 Å². The first-order valence-electron chi connectivity index (χ1n) is 5.26. The van der Waals surface area contributed by atoms with E-state index in [4.69, 9.17) is 0 Å². The number of likely N-dealkylation sites (tertiary alicyclic amines) is 1. The highest BCUT2D eigenvalue weighted by Crippen LogP contribution is 2.14. The molecule has 0 bridgehead atoms. The lowest BCUT2D eigenvalue weighted by molar-refractivity contribution is -0.131. The Morgan fingerprint density at radius 2 is 2.00 bits per heavy atom. The van der Waals surface area contributed by atoms with E-state index < -0.39 is 0 Å². The number of nitrogens with zero attached hydrogens (tertiary/aromatic N) is 1. The Kier molecular flexibility index (Phi) is 3.67. The normalized spacial score (nSPS) is 14.8. The van der Waals surface area contributed by atoms with Gasteiger partial charge in [-0.2, -0.15) is 0 Å². The van der Waals surface area contributed by atoms with Crippen molar-refractivity contribution in [3.63, 3.8) is 0 Å². The fourth-order valence-electron chi connectivity index (χ4n) is 1.49. The summed E-state index contributed by atoms with van der Waals surface area (Å²) in [7, 11) is 0. The number of hydrogen-bond acceptors (Lipinski definition) is 2. The van der Waals surface area contributed by atoms with Gasteiger partial charge in [-0.25, -0.2) is 0 Å². The van der Waals surface area contributed by atoms with Gasteiger partial charge < -0.3 is 4.90 Å². The summed E-state index contributed by atoms with van der Waals surface area (Å²) in [6, 6.07) is 10.3. The summed E-state index contributed by atoms with van der Waals surface area (Å²) >= 11 is 1.70. The molecule has 0 atom stereocenters. The van der Waals surface area contributed by atoms with Crippen LogP contribution in [0.3, 0.4) is 0 Å². The summed E-state index contributed by atoms with van der Waals surface area (Å²) in [5.41, 5.74) is 1.29. The van der Waals surface area contributed by atoms with Crippen LogP contribution in [0, 0.1) is 0 Å². The molecule has 0 aliphatic carbocycles. The molecule has 0 saturated carbocycles. The summed E-state index contributed by atoms with van der Waals surface area (Å²) < 4.78 is 0. The minimum absolute atomic E-state index is 0.294. The molecule has 2 nitrogen and oxygen atoms in total. The molecule has 1 aliphatic heterocycles. The number of rotatable bonds is 4. The van der Waals surface area contributed by atoms with Gasteiger partial charge in [-0.1, -0.05) is 30.3 Å². The molecule has 0 N–H and O–H groups in total. The number of carbonyl (C=O) groups is 1. The van der Waals surface area contributed by atoms with Crippen LogP contribution in [-0.4, -0.2) is 29.6 Å². The van der Waals surface area contributed by atoms with E-state index in [1.54, 1.807) is 11.8 Å². The molecule has 0 radical (unpaired) electrons. The molecule has 1 amide bonds. The average molecular weight is 221 g/mol. The van der Waals surface area contributed by atoms with Crippen LogP contribution in [0.5, 0.6) is 0 Å². The quantitative estimate of drug-likeness (QED) is 0.776. The second-order valence-electron chi connectivity index (χ2n) is 3.71. The molecule has 1 aromatic carbocycles. The van der Waals surface area contributed by atoms with Crippen molar-refractivity contribution >= 4 is 17.7 Å². The van der Waals surface area contributed by atoms with Crippen molar-refractivity contribution in [2.75, 3.05) is 18.8 Å². The van der Waals surface area contributed by atoms with Crippen molar-refractivity contribution in [1.29, 1.82) is 0 Å². The van der Waals surface area contributed by atoms with E-state index in [2.05, 4.69) is 12.1 Å². The summed E-state index contributed by atoms with van der Waals surface area (Å²) in [4.78, 5) is 13.4. The summed E-state index contributed by atoms with van der Waals surface area (Å²) in [6.07, 6.45) is 1.18. The van der Waals surface area contributed by atoms with Gasteiger partial charge in [0.25, 0.3) is 0 Å². The Balaban J connectivity index is 1.68. The van der Waals surface area contributed by atoms with Crippen molar-refractivity contribution in [3.8, 4) is 0 Å². The minimum atomic E-state index is 0.294. The number of benzene rings is 1. The molecule has 0 unspecified atom stereocenters. The molecule has 1 aromatic rings. The first-order chi connectivity index (χ1) is 7.36. The van der Waals surface area contributed by atoms with Crippen LogP contribution in [-0.2, 0) is 10.5 Å². The second-order valence-corrected chi connectivity index (χ2v) is 4.70. The highest BCUT2D eigenvalue weighted by atomic mass is 32.2. The maximum Gasteiger partial charge on any atom is 0.232 e.